The van der Waals surface area contributed by atoms with Gasteiger partial charge in [-0.25, -0.2) is 0 Å². The molecule has 7 heteroatoms. The average molecular weight is 346 g/mol. The summed E-state index contributed by atoms with van der Waals surface area (Å²) in [6.07, 6.45) is 4.26. The number of amides is 1. The second-order valence-electron chi connectivity index (χ2n) is 6.18. The van der Waals surface area contributed by atoms with Crippen LogP contribution in [0.15, 0.2) is 35.7 Å². The van der Waals surface area contributed by atoms with Crippen LogP contribution < -0.4 is 5.32 Å². The van der Waals surface area contributed by atoms with Gasteiger partial charge in [0, 0.05) is 17.9 Å². The summed E-state index contributed by atoms with van der Waals surface area (Å²) in [4.78, 5) is 11.2. The summed E-state index contributed by atoms with van der Waals surface area (Å²) in [6.45, 7) is 5.73. The summed E-state index contributed by atoms with van der Waals surface area (Å²) in [5.41, 5.74) is 1.69. The maximum Gasteiger partial charge on any atom is 0.221 e. The van der Waals surface area contributed by atoms with Crippen molar-refractivity contribution in [3.05, 3.63) is 30.6 Å². The lowest BCUT2D eigenvalue weighted by Gasteiger charge is -2.31. The van der Waals surface area contributed by atoms with Crippen LogP contribution in [0.25, 0.3) is 5.69 Å². The third kappa shape index (κ3) is 4.15. The SMILES string of the molecule is CC(=O)Nc1cccc(-n2cnnc2SC2C[C@H](C)O[C@@H](C)C2)c1. The van der Waals surface area contributed by atoms with Crippen LogP contribution >= 0.6 is 11.8 Å². The molecule has 2 heterocycles. The highest BCUT2D eigenvalue weighted by atomic mass is 32.2. The van der Waals surface area contributed by atoms with E-state index in [4.69, 9.17) is 4.74 Å². The first kappa shape index (κ1) is 17.0. The first-order chi connectivity index (χ1) is 11.5. The molecule has 0 radical (unpaired) electrons. The van der Waals surface area contributed by atoms with Gasteiger partial charge in [-0.1, -0.05) is 17.8 Å². The van der Waals surface area contributed by atoms with E-state index in [0.29, 0.717) is 5.25 Å². The highest BCUT2D eigenvalue weighted by Crippen LogP contribution is 2.34. The normalized spacial score (nSPS) is 23.9. The van der Waals surface area contributed by atoms with E-state index in [1.54, 1.807) is 18.1 Å². The fourth-order valence-corrected chi connectivity index (χ4v) is 4.40. The van der Waals surface area contributed by atoms with E-state index in [1.165, 1.54) is 6.92 Å². The highest BCUT2D eigenvalue weighted by Gasteiger charge is 2.26. The van der Waals surface area contributed by atoms with Crippen LogP contribution in [0.4, 0.5) is 5.69 Å². The Kier molecular flexibility index (Phi) is 5.20. The van der Waals surface area contributed by atoms with Crippen molar-refractivity contribution in [3.8, 4) is 5.69 Å². The van der Waals surface area contributed by atoms with Gasteiger partial charge < -0.3 is 10.1 Å². The maximum absolute atomic E-state index is 11.2. The number of rotatable bonds is 4. The van der Waals surface area contributed by atoms with Gasteiger partial charge in [0.1, 0.15) is 6.33 Å². The largest absolute Gasteiger partial charge is 0.375 e. The molecular formula is C17H22N4O2S. The van der Waals surface area contributed by atoms with Gasteiger partial charge in [-0.2, -0.15) is 0 Å². The van der Waals surface area contributed by atoms with E-state index >= 15 is 0 Å². The van der Waals surface area contributed by atoms with Gasteiger partial charge in [0.15, 0.2) is 5.16 Å². The van der Waals surface area contributed by atoms with Gasteiger partial charge in [-0.05, 0) is 44.9 Å². The van der Waals surface area contributed by atoms with Crippen molar-refractivity contribution in [2.75, 3.05) is 5.32 Å². The fourth-order valence-electron chi connectivity index (χ4n) is 3.01. The van der Waals surface area contributed by atoms with E-state index in [9.17, 15) is 4.79 Å². The van der Waals surface area contributed by atoms with Crippen molar-refractivity contribution in [2.45, 2.75) is 56.2 Å². The molecule has 0 bridgehead atoms. The Morgan fingerprint density at radius 3 is 2.79 bits per heavy atom. The van der Waals surface area contributed by atoms with Crippen LogP contribution in [0.2, 0.25) is 0 Å². The van der Waals surface area contributed by atoms with E-state index in [2.05, 4.69) is 29.4 Å². The molecule has 1 aliphatic rings. The van der Waals surface area contributed by atoms with Crippen LogP contribution in [0.1, 0.15) is 33.6 Å². The standard InChI is InChI=1S/C17H22N4O2S/c1-11-7-16(8-12(2)23-11)24-17-20-18-10-21(17)15-6-4-5-14(9-15)19-13(3)22/h4-6,9-12,16H,7-8H2,1-3H3,(H,19,22)/t11-,12-/m0/s1. The Morgan fingerprint density at radius 1 is 1.33 bits per heavy atom. The number of nitrogens with one attached hydrogen (secondary N) is 1. The molecule has 1 N–H and O–H groups in total. The van der Waals surface area contributed by atoms with Gasteiger partial charge in [0.05, 0.1) is 17.9 Å². The van der Waals surface area contributed by atoms with Crippen LogP contribution in [0, 0.1) is 0 Å². The number of ether oxygens (including phenoxy) is 1. The van der Waals surface area contributed by atoms with Crippen molar-refractivity contribution in [1.82, 2.24) is 14.8 Å². The lowest BCUT2D eigenvalue weighted by molar-refractivity contribution is -0.114. The van der Waals surface area contributed by atoms with Crippen LogP contribution in [-0.2, 0) is 9.53 Å². The monoisotopic (exact) mass is 346 g/mol. The van der Waals surface area contributed by atoms with Gasteiger partial charge in [-0.15, -0.1) is 10.2 Å². The third-order valence-corrected chi connectivity index (χ3v) is 5.09. The summed E-state index contributed by atoms with van der Waals surface area (Å²) < 4.78 is 7.77. The first-order valence-electron chi connectivity index (χ1n) is 8.11. The Morgan fingerprint density at radius 2 is 2.08 bits per heavy atom. The number of carbonyl (C=O) groups is 1. The van der Waals surface area contributed by atoms with Crippen molar-refractivity contribution in [3.63, 3.8) is 0 Å². The highest BCUT2D eigenvalue weighted by molar-refractivity contribution is 7.99. The Bertz CT molecular complexity index is 708. The lowest BCUT2D eigenvalue weighted by Crippen LogP contribution is -2.30. The maximum atomic E-state index is 11.2. The predicted octanol–water partition coefficient (Wildman–Crippen LogP) is 3.27. The molecule has 0 unspecified atom stereocenters. The minimum Gasteiger partial charge on any atom is -0.375 e. The van der Waals surface area contributed by atoms with Crippen LogP contribution in [0.5, 0.6) is 0 Å². The number of nitrogens with zero attached hydrogens (tertiary/aromatic N) is 3. The van der Waals surface area contributed by atoms with Crippen LogP contribution in [-0.4, -0.2) is 38.1 Å². The summed E-state index contributed by atoms with van der Waals surface area (Å²) >= 11 is 1.74. The molecule has 1 fully saturated rings. The molecule has 3 rings (SSSR count). The second kappa shape index (κ2) is 7.36. The average Bonchev–Trinajstić information content (AvgIpc) is 2.94. The number of carbonyl (C=O) groups excluding carboxylic acids is 1. The van der Waals surface area contributed by atoms with Crippen molar-refractivity contribution in [1.29, 1.82) is 0 Å². The zero-order chi connectivity index (χ0) is 17.1. The topological polar surface area (TPSA) is 69.0 Å². The number of aromatic nitrogens is 3. The number of hydrogen-bond donors (Lipinski definition) is 1. The second-order valence-corrected chi connectivity index (χ2v) is 7.45. The molecule has 2 atom stereocenters. The molecule has 128 valence electrons. The quantitative estimate of drug-likeness (QED) is 0.920. The van der Waals surface area contributed by atoms with Gasteiger partial charge >= 0.3 is 0 Å². The zero-order valence-corrected chi connectivity index (χ0v) is 14.9. The molecule has 0 saturated carbocycles. The summed E-state index contributed by atoms with van der Waals surface area (Å²) in [7, 11) is 0. The number of thioether (sulfide) groups is 1. The van der Waals surface area contributed by atoms with E-state index in [1.807, 2.05) is 28.8 Å². The minimum absolute atomic E-state index is 0.0873. The molecule has 1 saturated heterocycles. The van der Waals surface area contributed by atoms with E-state index in [0.717, 1.165) is 29.4 Å². The number of benzene rings is 1. The van der Waals surface area contributed by atoms with Gasteiger partial charge in [0.2, 0.25) is 5.91 Å². The smallest absolute Gasteiger partial charge is 0.221 e. The molecule has 0 aliphatic carbocycles. The molecule has 1 aliphatic heterocycles. The fraction of sp³-hybridized carbons (Fsp3) is 0.471. The predicted molar refractivity (Wildman–Crippen MR) is 94.6 cm³/mol. The first-order valence-corrected chi connectivity index (χ1v) is 8.99. The third-order valence-electron chi connectivity index (χ3n) is 3.89. The van der Waals surface area contributed by atoms with E-state index in [-0.39, 0.29) is 18.1 Å². The summed E-state index contributed by atoms with van der Waals surface area (Å²) in [6, 6.07) is 7.68. The Labute approximate surface area is 146 Å². The van der Waals surface area contributed by atoms with Crippen molar-refractivity contribution in [2.24, 2.45) is 0 Å². The van der Waals surface area contributed by atoms with E-state index < -0.39 is 0 Å². The molecule has 1 amide bonds. The van der Waals surface area contributed by atoms with Gasteiger partial charge in [0.25, 0.3) is 0 Å². The summed E-state index contributed by atoms with van der Waals surface area (Å²) in [5, 5.41) is 12.5. The Balaban J connectivity index is 1.79. The molecule has 1 aromatic carbocycles. The Hall–Kier alpha value is -1.86. The minimum atomic E-state index is -0.0873. The molecule has 2 aromatic rings. The number of anilines is 1. The summed E-state index contributed by atoms with van der Waals surface area (Å²) in [5.74, 6) is -0.0873. The molecule has 24 heavy (non-hydrogen) atoms. The number of hydrogen-bond acceptors (Lipinski definition) is 5. The molecule has 0 spiro atoms. The molecular weight excluding hydrogens is 324 g/mol. The van der Waals surface area contributed by atoms with Crippen molar-refractivity contribution >= 4 is 23.4 Å². The van der Waals surface area contributed by atoms with Crippen molar-refractivity contribution < 1.29 is 9.53 Å². The van der Waals surface area contributed by atoms with Crippen LogP contribution in [0.3, 0.4) is 0 Å². The zero-order valence-electron chi connectivity index (χ0n) is 14.1. The molecule has 6 nitrogen and oxygen atoms in total. The lowest BCUT2D eigenvalue weighted by atomic mass is 10.1. The molecule has 1 aromatic heterocycles. The van der Waals surface area contributed by atoms with Gasteiger partial charge in [-0.3, -0.25) is 9.36 Å².